The molecule has 3 rings (SSSR count). The van der Waals surface area contributed by atoms with Crippen molar-refractivity contribution < 1.29 is 18.3 Å². The number of carboxylic acids is 1. The van der Waals surface area contributed by atoms with Crippen molar-refractivity contribution in [3.8, 4) is 11.1 Å². The predicted octanol–water partition coefficient (Wildman–Crippen LogP) is 5.89. The predicted molar refractivity (Wildman–Crippen MR) is 134 cm³/mol. The molecule has 1 heterocycles. The Bertz CT molecular complexity index is 1280. The van der Waals surface area contributed by atoms with Crippen LogP contribution in [0.2, 0.25) is 5.02 Å². The molecule has 180 valence electrons. The molecule has 8 heteroatoms. The van der Waals surface area contributed by atoms with Gasteiger partial charge in [0.15, 0.2) is 0 Å². The lowest BCUT2D eigenvalue weighted by molar-refractivity contribution is -0.137. The highest BCUT2D eigenvalue weighted by molar-refractivity contribution is 7.89. The quantitative estimate of drug-likeness (QED) is 0.375. The number of halogens is 1. The van der Waals surface area contributed by atoms with Gasteiger partial charge >= 0.3 is 5.97 Å². The molecule has 0 aliphatic carbocycles. The molecule has 0 fully saturated rings. The van der Waals surface area contributed by atoms with Crippen LogP contribution in [0.15, 0.2) is 65.8 Å². The first kappa shape index (κ1) is 25.9. The summed E-state index contributed by atoms with van der Waals surface area (Å²) in [6.45, 7) is 5.63. The molecule has 0 radical (unpaired) electrons. The second-order valence-electron chi connectivity index (χ2n) is 8.16. The Balaban J connectivity index is 2.05. The van der Waals surface area contributed by atoms with Gasteiger partial charge in [0.05, 0.1) is 4.90 Å². The molecule has 3 aromatic rings. The molecule has 0 spiro atoms. The van der Waals surface area contributed by atoms with Crippen molar-refractivity contribution in [2.24, 2.45) is 0 Å². The maximum absolute atomic E-state index is 13.8. The van der Waals surface area contributed by atoms with Crippen molar-refractivity contribution in [3.63, 3.8) is 0 Å². The first-order chi connectivity index (χ1) is 16.2. The zero-order valence-electron chi connectivity index (χ0n) is 19.5. The van der Waals surface area contributed by atoms with Crippen LogP contribution < -0.4 is 0 Å². The lowest BCUT2D eigenvalue weighted by Gasteiger charge is -2.29. The van der Waals surface area contributed by atoms with Crippen molar-refractivity contribution in [2.75, 3.05) is 6.54 Å². The van der Waals surface area contributed by atoms with E-state index in [1.165, 1.54) is 10.4 Å². The van der Waals surface area contributed by atoms with Gasteiger partial charge in [0.1, 0.15) is 0 Å². The number of rotatable bonds is 10. The molecule has 1 unspecified atom stereocenters. The van der Waals surface area contributed by atoms with Gasteiger partial charge in [-0.15, -0.1) is 0 Å². The van der Waals surface area contributed by atoms with Crippen molar-refractivity contribution in [3.05, 3.63) is 82.6 Å². The van der Waals surface area contributed by atoms with Crippen LogP contribution in [0.1, 0.15) is 49.4 Å². The number of sulfonamides is 1. The topological polar surface area (TPSA) is 87.6 Å². The number of aromatic nitrogens is 1. The van der Waals surface area contributed by atoms with E-state index >= 15 is 0 Å². The third kappa shape index (κ3) is 5.66. The van der Waals surface area contributed by atoms with Gasteiger partial charge in [0.25, 0.3) is 0 Å². The van der Waals surface area contributed by atoms with Gasteiger partial charge in [-0.05, 0) is 78.8 Å². The molecule has 0 aliphatic heterocycles. The number of carbonyl (C=O) groups is 1. The average Bonchev–Trinajstić information content (AvgIpc) is 2.82. The van der Waals surface area contributed by atoms with Crippen LogP contribution >= 0.6 is 11.6 Å². The summed E-state index contributed by atoms with van der Waals surface area (Å²) in [7, 11) is -3.94. The molecule has 34 heavy (non-hydrogen) atoms. The van der Waals surface area contributed by atoms with Gasteiger partial charge in [-0.25, -0.2) is 8.42 Å². The average molecular weight is 501 g/mol. The van der Waals surface area contributed by atoms with Gasteiger partial charge in [0, 0.05) is 36.4 Å². The van der Waals surface area contributed by atoms with Crippen LogP contribution in [-0.4, -0.2) is 35.3 Å². The Morgan fingerprint density at radius 1 is 1.18 bits per heavy atom. The van der Waals surface area contributed by atoms with Crippen LogP contribution in [0, 0.1) is 6.92 Å². The first-order valence-electron chi connectivity index (χ1n) is 11.2. The second kappa shape index (κ2) is 11.1. The highest BCUT2D eigenvalue weighted by Gasteiger charge is 2.31. The summed E-state index contributed by atoms with van der Waals surface area (Å²) in [5, 5.41) is 9.47. The Hall–Kier alpha value is -2.74. The monoisotopic (exact) mass is 500 g/mol. The number of hydrogen-bond donors (Lipinski definition) is 1. The minimum atomic E-state index is -3.94. The maximum Gasteiger partial charge on any atom is 0.303 e. The molecular formula is C26H29ClN2O4S. The SMILES string of the molecule is CCc1cnccc1-c1cccc(C(C)N(CCCC(=O)O)S(=O)(=O)c2cccc(Cl)c2C)c1. The fourth-order valence-electron chi connectivity index (χ4n) is 4.02. The van der Waals surface area contributed by atoms with Crippen LogP contribution in [-0.2, 0) is 21.2 Å². The number of aliphatic carboxylic acids is 1. The lowest BCUT2D eigenvalue weighted by Crippen LogP contribution is -2.35. The summed E-state index contributed by atoms with van der Waals surface area (Å²) in [5.41, 5.74) is 4.42. The summed E-state index contributed by atoms with van der Waals surface area (Å²) >= 11 is 6.22. The lowest BCUT2D eigenvalue weighted by atomic mass is 9.97. The van der Waals surface area contributed by atoms with Crippen LogP contribution in [0.5, 0.6) is 0 Å². The van der Waals surface area contributed by atoms with Gasteiger partial charge in [-0.3, -0.25) is 9.78 Å². The fourth-order valence-corrected chi connectivity index (χ4v) is 6.16. The van der Waals surface area contributed by atoms with E-state index in [1.54, 1.807) is 25.3 Å². The van der Waals surface area contributed by atoms with Gasteiger partial charge < -0.3 is 5.11 Å². The standard InChI is InChI=1S/C26H29ClN2O4S/c1-4-20-17-28-14-13-23(20)22-9-5-8-21(16-22)19(3)29(15-7-12-26(30)31)34(32,33)25-11-6-10-24(27)18(25)2/h5-6,8-11,13-14,16-17,19H,4,7,12,15H2,1-3H3,(H,30,31). The molecular weight excluding hydrogens is 472 g/mol. The van der Waals surface area contributed by atoms with Gasteiger partial charge in [0.2, 0.25) is 10.0 Å². The molecule has 0 amide bonds. The molecule has 0 bridgehead atoms. The zero-order chi connectivity index (χ0) is 24.9. The summed E-state index contributed by atoms with van der Waals surface area (Å²) in [5.74, 6) is -0.962. The number of pyridine rings is 1. The number of hydrogen-bond acceptors (Lipinski definition) is 4. The van der Waals surface area contributed by atoms with E-state index in [-0.39, 0.29) is 24.3 Å². The van der Waals surface area contributed by atoms with E-state index in [0.717, 1.165) is 28.7 Å². The number of carboxylic acid groups (broad SMARTS) is 1. The molecule has 1 aromatic heterocycles. The van der Waals surface area contributed by atoms with Crippen molar-refractivity contribution in [2.45, 2.75) is 51.0 Å². The van der Waals surface area contributed by atoms with E-state index in [2.05, 4.69) is 11.9 Å². The third-order valence-corrected chi connectivity index (χ3v) is 8.49. The molecule has 6 nitrogen and oxygen atoms in total. The number of aryl methyl sites for hydroxylation is 1. The largest absolute Gasteiger partial charge is 0.481 e. The smallest absolute Gasteiger partial charge is 0.303 e. The number of nitrogens with zero attached hydrogens (tertiary/aromatic N) is 2. The Morgan fingerprint density at radius 2 is 1.91 bits per heavy atom. The van der Waals surface area contributed by atoms with Gasteiger partial charge in [-0.1, -0.05) is 42.8 Å². The maximum atomic E-state index is 13.8. The molecule has 0 aliphatic rings. The summed E-state index contributed by atoms with van der Waals surface area (Å²) in [4.78, 5) is 15.4. The van der Waals surface area contributed by atoms with E-state index < -0.39 is 22.0 Å². The molecule has 0 saturated heterocycles. The van der Waals surface area contributed by atoms with Crippen LogP contribution in [0.4, 0.5) is 0 Å². The Labute approximate surface area is 206 Å². The Kier molecular flexibility index (Phi) is 8.47. The molecule has 2 aromatic carbocycles. The van der Waals surface area contributed by atoms with Crippen LogP contribution in [0.25, 0.3) is 11.1 Å². The van der Waals surface area contributed by atoms with Crippen molar-refractivity contribution >= 4 is 27.6 Å². The molecule has 0 saturated carbocycles. The van der Waals surface area contributed by atoms with Gasteiger partial charge in [-0.2, -0.15) is 4.31 Å². The highest BCUT2D eigenvalue weighted by atomic mass is 35.5. The van der Waals surface area contributed by atoms with Crippen molar-refractivity contribution in [1.82, 2.24) is 9.29 Å². The number of benzene rings is 2. The van der Waals surface area contributed by atoms with E-state index in [9.17, 15) is 13.2 Å². The highest BCUT2D eigenvalue weighted by Crippen LogP contribution is 2.33. The molecule has 1 N–H and O–H groups in total. The summed E-state index contributed by atoms with van der Waals surface area (Å²) in [6, 6.07) is 14.0. The van der Waals surface area contributed by atoms with E-state index in [0.29, 0.717) is 10.6 Å². The summed E-state index contributed by atoms with van der Waals surface area (Å²) in [6.07, 6.45) is 4.49. The minimum Gasteiger partial charge on any atom is -0.481 e. The fraction of sp³-hybridized carbons (Fsp3) is 0.308. The normalized spacial score (nSPS) is 12.6. The Morgan fingerprint density at radius 3 is 2.62 bits per heavy atom. The minimum absolute atomic E-state index is 0.0709. The van der Waals surface area contributed by atoms with E-state index in [4.69, 9.17) is 16.7 Å². The first-order valence-corrected chi connectivity index (χ1v) is 13.0. The molecule has 1 atom stereocenters. The summed E-state index contributed by atoms with van der Waals surface area (Å²) < 4.78 is 28.9. The van der Waals surface area contributed by atoms with Crippen molar-refractivity contribution in [1.29, 1.82) is 0 Å². The van der Waals surface area contributed by atoms with Crippen LogP contribution in [0.3, 0.4) is 0 Å². The third-order valence-electron chi connectivity index (χ3n) is 5.97. The van der Waals surface area contributed by atoms with E-state index in [1.807, 2.05) is 43.5 Å². The zero-order valence-corrected chi connectivity index (χ0v) is 21.1. The second-order valence-corrected chi connectivity index (χ2v) is 10.4.